The molecule has 1 aromatic carbocycles. The Balaban J connectivity index is 0.00000274. The van der Waals surface area contributed by atoms with Crippen molar-refractivity contribution in [2.75, 3.05) is 55.7 Å². The lowest BCUT2D eigenvalue weighted by Gasteiger charge is -2.38. The van der Waals surface area contributed by atoms with Gasteiger partial charge in [0.15, 0.2) is 11.6 Å². The molecular formula is C24H31ClFN7O. The third-order valence-electron chi connectivity index (χ3n) is 6.65. The molecule has 3 aromatic rings. The molecular weight excluding hydrogens is 457 g/mol. The maximum atomic E-state index is 14.0. The molecule has 2 saturated heterocycles. The zero-order valence-electron chi connectivity index (χ0n) is 19.1. The van der Waals surface area contributed by atoms with Crippen molar-refractivity contribution in [2.24, 2.45) is 5.92 Å². The first kappa shape index (κ1) is 24.4. The summed E-state index contributed by atoms with van der Waals surface area (Å²) in [5, 5.41) is 13.8. The molecule has 0 spiro atoms. The van der Waals surface area contributed by atoms with E-state index in [9.17, 15) is 9.50 Å². The van der Waals surface area contributed by atoms with Crippen LogP contribution >= 0.6 is 12.4 Å². The van der Waals surface area contributed by atoms with E-state index in [0.717, 1.165) is 75.9 Å². The van der Waals surface area contributed by atoms with E-state index in [4.69, 9.17) is 0 Å². The molecule has 0 amide bonds. The van der Waals surface area contributed by atoms with Gasteiger partial charge in [-0.2, -0.15) is 5.10 Å². The molecule has 0 bridgehead atoms. The van der Waals surface area contributed by atoms with Crippen molar-refractivity contribution in [1.29, 1.82) is 0 Å². The van der Waals surface area contributed by atoms with E-state index in [1.807, 2.05) is 18.5 Å². The van der Waals surface area contributed by atoms with Gasteiger partial charge in [-0.1, -0.05) is 12.1 Å². The van der Waals surface area contributed by atoms with E-state index >= 15 is 0 Å². The zero-order chi connectivity index (χ0) is 22.6. The highest BCUT2D eigenvalue weighted by Gasteiger charge is 2.26. The number of benzene rings is 1. The number of rotatable bonds is 6. The van der Waals surface area contributed by atoms with Crippen LogP contribution in [0.3, 0.4) is 0 Å². The number of halogens is 2. The van der Waals surface area contributed by atoms with Crippen molar-refractivity contribution in [3.8, 4) is 5.69 Å². The Labute approximate surface area is 205 Å². The van der Waals surface area contributed by atoms with Gasteiger partial charge in [0, 0.05) is 76.6 Å². The minimum Gasteiger partial charge on any atom is -0.396 e. The Bertz CT molecular complexity index is 1060. The van der Waals surface area contributed by atoms with Crippen LogP contribution in [0.25, 0.3) is 5.69 Å². The number of anilines is 2. The fraction of sp³-hybridized carbons (Fsp3) is 0.458. The minimum absolute atomic E-state index is 0. The Morgan fingerprint density at radius 3 is 2.21 bits per heavy atom. The molecule has 1 N–H and O–H groups in total. The molecule has 2 aliphatic heterocycles. The van der Waals surface area contributed by atoms with Crippen LogP contribution in [0, 0.1) is 11.7 Å². The van der Waals surface area contributed by atoms with Crippen LogP contribution < -0.4 is 9.80 Å². The van der Waals surface area contributed by atoms with Crippen LogP contribution in [0.1, 0.15) is 18.4 Å². The van der Waals surface area contributed by atoms with Gasteiger partial charge in [0.2, 0.25) is 0 Å². The lowest BCUT2D eigenvalue weighted by Crippen LogP contribution is -2.47. The summed E-state index contributed by atoms with van der Waals surface area (Å²) in [5.74, 6) is 2.02. The van der Waals surface area contributed by atoms with Gasteiger partial charge in [-0.25, -0.2) is 19.0 Å². The van der Waals surface area contributed by atoms with E-state index < -0.39 is 0 Å². The third-order valence-corrected chi connectivity index (χ3v) is 6.65. The average Bonchev–Trinajstić information content (AvgIpc) is 3.33. The number of aliphatic hydroxyl groups excluding tert-OH is 1. The van der Waals surface area contributed by atoms with E-state index in [1.54, 1.807) is 29.2 Å². The summed E-state index contributed by atoms with van der Waals surface area (Å²) < 4.78 is 15.7. The number of nitrogens with zero attached hydrogens (tertiary/aromatic N) is 7. The summed E-state index contributed by atoms with van der Waals surface area (Å²) >= 11 is 0. The lowest BCUT2D eigenvalue weighted by atomic mass is 9.98. The van der Waals surface area contributed by atoms with Gasteiger partial charge >= 0.3 is 0 Å². The van der Waals surface area contributed by atoms with Crippen molar-refractivity contribution >= 4 is 24.0 Å². The Hall–Kier alpha value is -2.75. The maximum absolute atomic E-state index is 14.0. The molecule has 10 heteroatoms. The lowest BCUT2D eigenvalue weighted by molar-refractivity contribution is 0.202. The second kappa shape index (κ2) is 11.1. The summed E-state index contributed by atoms with van der Waals surface area (Å²) in [6.07, 6.45) is 9.22. The molecule has 0 saturated carbocycles. The molecule has 4 heterocycles. The monoisotopic (exact) mass is 487 g/mol. The second-order valence-electron chi connectivity index (χ2n) is 8.82. The third kappa shape index (κ3) is 5.32. The van der Waals surface area contributed by atoms with Crippen LogP contribution in [0.5, 0.6) is 0 Å². The first-order chi connectivity index (χ1) is 16.2. The molecule has 0 radical (unpaired) electrons. The fourth-order valence-electron chi connectivity index (χ4n) is 4.68. The minimum atomic E-state index is -0.277. The largest absolute Gasteiger partial charge is 0.396 e. The summed E-state index contributed by atoms with van der Waals surface area (Å²) in [6.45, 7) is 6.43. The highest BCUT2D eigenvalue weighted by atomic mass is 35.5. The van der Waals surface area contributed by atoms with Gasteiger partial charge in [-0.15, -0.1) is 12.4 Å². The van der Waals surface area contributed by atoms with Crippen molar-refractivity contribution in [1.82, 2.24) is 24.6 Å². The standard InChI is InChI=1S/C24H30FN7O.ClH/c25-21-3-1-2-4-22(21)32-17-20(15-28-32)16-29-11-13-31(14-12-29)24-23(26-7-8-27-24)30-9-5-19(18-33)6-10-30;/h1-4,7-8,15,17,19,33H,5-6,9-14,16,18H2;1H. The normalized spacial score (nSPS) is 17.6. The number of hydrogen-bond donors (Lipinski definition) is 1. The molecule has 8 nitrogen and oxygen atoms in total. The number of hydrogen-bond acceptors (Lipinski definition) is 7. The molecule has 34 heavy (non-hydrogen) atoms. The summed E-state index contributed by atoms with van der Waals surface area (Å²) in [4.78, 5) is 16.3. The number of aromatic nitrogens is 4. The van der Waals surface area contributed by atoms with Crippen molar-refractivity contribution in [3.05, 3.63) is 60.4 Å². The highest BCUT2D eigenvalue weighted by Crippen LogP contribution is 2.29. The van der Waals surface area contributed by atoms with Crippen LogP contribution in [-0.4, -0.2) is 75.6 Å². The van der Waals surface area contributed by atoms with E-state index in [1.165, 1.54) is 6.07 Å². The Kier molecular flexibility index (Phi) is 7.97. The van der Waals surface area contributed by atoms with Crippen LogP contribution in [0.4, 0.5) is 16.0 Å². The first-order valence-electron chi connectivity index (χ1n) is 11.6. The topological polar surface area (TPSA) is 73.6 Å². The van der Waals surface area contributed by atoms with Gasteiger partial charge in [0.25, 0.3) is 0 Å². The molecule has 2 aromatic heterocycles. The predicted molar refractivity (Wildman–Crippen MR) is 132 cm³/mol. The first-order valence-corrected chi connectivity index (χ1v) is 11.6. The smallest absolute Gasteiger partial charge is 0.172 e. The van der Waals surface area contributed by atoms with E-state index in [2.05, 4.69) is 29.8 Å². The number of aliphatic hydroxyl groups is 1. The molecule has 0 unspecified atom stereocenters. The van der Waals surface area contributed by atoms with Gasteiger partial charge < -0.3 is 14.9 Å². The predicted octanol–water partition coefficient (Wildman–Crippen LogP) is 2.75. The summed E-state index contributed by atoms with van der Waals surface area (Å²) in [5.41, 5.74) is 1.53. The summed E-state index contributed by atoms with van der Waals surface area (Å²) in [6, 6.07) is 6.68. The molecule has 182 valence electrons. The van der Waals surface area contributed by atoms with Gasteiger partial charge in [-0.05, 0) is 30.9 Å². The SMILES string of the molecule is Cl.OCC1CCN(c2nccnc2N2CCN(Cc3cnn(-c4ccccc4F)c3)CC2)CC1. The second-order valence-corrected chi connectivity index (χ2v) is 8.82. The van der Waals surface area contributed by atoms with Gasteiger partial charge in [0.1, 0.15) is 11.5 Å². The van der Waals surface area contributed by atoms with E-state index in [-0.39, 0.29) is 24.8 Å². The molecule has 2 aliphatic rings. The van der Waals surface area contributed by atoms with Crippen LogP contribution in [-0.2, 0) is 6.54 Å². The maximum Gasteiger partial charge on any atom is 0.172 e. The van der Waals surface area contributed by atoms with Crippen molar-refractivity contribution in [3.63, 3.8) is 0 Å². The number of piperidine rings is 1. The molecule has 0 atom stereocenters. The zero-order valence-corrected chi connectivity index (χ0v) is 19.9. The van der Waals surface area contributed by atoms with Crippen LogP contribution in [0.2, 0.25) is 0 Å². The highest BCUT2D eigenvalue weighted by molar-refractivity contribution is 5.85. The number of para-hydroxylation sites is 1. The quantitative estimate of drug-likeness (QED) is 0.573. The average molecular weight is 488 g/mol. The van der Waals surface area contributed by atoms with Gasteiger partial charge in [-0.3, -0.25) is 4.90 Å². The fourth-order valence-corrected chi connectivity index (χ4v) is 4.68. The van der Waals surface area contributed by atoms with Crippen LogP contribution in [0.15, 0.2) is 49.1 Å². The Morgan fingerprint density at radius 2 is 1.56 bits per heavy atom. The summed E-state index contributed by atoms with van der Waals surface area (Å²) in [7, 11) is 0. The molecule has 5 rings (SSSR count). The molecule has 2 fully saturated rings. The number of piperazine rings is 1. The van der Waals surface area contributed by atoms with Crippen molar-refractivity contribution in [2.45, 2.75) is 19.4 Å². The van der Waals surface area contributed by atoms with E-state index in [0.29, 0.717) is 11.6 Å². The van der Waals surface area contributed by atoms with Crippen molar-refractivity contribution < 1.29 is 9.50 Å². The molecule has 0 aliphatic carbocycles. The Morgan fingerprint density at radius 1 is 0.912 bits per heavy atom. The van der Waals surface area contributed by atoms with Gasteiger partial charge in [0.05, 0.1) is 6.20 Å².